The highest BCUT2D eigenvalue weighted by atomic mass is 16.5. The van der Waals surface area contributed by atoms with Gasteiger partial charge in [0.25, 0.3) is 0 Å². The van der Waals surface area contributed by atoms with E-state index in [1.54, 1.807) is 12.1 Å². The van der Waals surface area contributed by atoms with E-state index in [9.17, 15) is 14.7 Å². The van der Waals surface area contributed by atoms with E-state index in [-0.39, 0.29) is 18.0 Å². The maximum absolute atomic E-state index is 11.4. The van der Waals surface area contributed by atoms with Crippen molar-refractivity contribution in [2.45, 2.75) is 13.5 Å². The number of rotatable bonds is 5. The molecule has 0 amide bonds. The minimum Gasteiger partial charge on any atom is -0.496 e. The van der Waals surface area contributed by atoms with Crippen molar-refractivity contribution in [3.8, 4) is 11.5 Å². The number of aromatic nitrogens is 1. The molecule has 1 heterocycles. The molecule has 1 N–H and O–H groups in total. The number of carboxylic acids is 1. The van der Waals surface area contributed by atoms with E-state index in [4.69, 9.17) is 9.47 Å². The highest BCUT2D eigenvalue weighted by Gasteiger charge is 2.21. The minimum absolute atomic E-state index is 0.0259. The highest BCUT2D eigenvalue weighted by Crippen LogP contribution is 2.35. The zero-order valence-electron chi connectivity index (χ0n) is 11.5. The molecule has 1 aromatic heterocycles. The predicted molar refractivity (Wildman–Crippen MR) is 72.7 cm³/mol. The number of methoxy groups -OCH3 is 2. The van der Waals surface area contributed by atoms with Gasteiger partial charge in [-0.1, -0.05) is 0 Å². The summed E-state index contributed by atoms with van der Waals surface area (Å²) in [4.78, 5) is 22.8. The molecule has 106 valence electrons. The Morgan fingerprint density at radius 2 is 1.80 bits per heavy atom. The van der Waals surface area contributed by atoms with Crippen LogP contribution in [0.3, 0.4) is 0 Å². The molecule has 0 atom stereocenters. The van der Waals surface area contributed by atoms with Crippen LogP contribution in [0.25, 0.3) is 10.9 Å². The second-order valence-corrected chi connectivity index (χ2v) is 4.36. The van der Waals surface area contributed by atoms with Gasteiger partial charge in [-0.05, 0) is 25.1 Å². The van der Waals surface area contributed by atoms with E-state index in [2.05, 4.69) is 0 Å². The molecule has 0 aliphatic heterocycles. The van der Waals surface area contributed by atoms with Crippen molar-refractivity contribution in [2.75, 3.05) is 14.2 Å². The number of hydrogen-bond donors (Lipinski definition) is 1. The molecule has 6 nitrogen and oxygen atoms in total. The fourth-order valence-corrected chi connectivity index (χ4v) is 2.23. The molecule has 6 heteroatoms. The topological polar surface area (TPSA) is 77.8 Å². The summed E-state index contributed by atoms with van der Waals surface area (Å²) >= 11 is 0. The SMILES string of the molecule is COc1ccc(OC)c2c1cc(C(=O)O)n2CC(C)=O. The summed E-state index contributed by atoms with van der Waals surface area (Å²) in [5, 5.41) is 9.90. The van der Waals surface area contributed by atoms with Crippen molar-refractivity contribution < 1.29 is 24.2 Å². The van der Waals surface area contributed by atoms with Crippen LogP contribution in [-0.4, -0.2) is 35.6 Å². The van der Waals surface area contributed by atoms with Crippen molar-refractivity contribution >= 4 is 22.7 Å². The molecular formula is C14H15NO5. The van der Waals surface area contributed by atoms with Crippen LogP contribution in [0.2, 0.25) is 0 Å². The first-order chi connectivity index (χ1) is 9.49. The summed E-state index contributed by atoms with van der Waals surface area (Å²) in [5.41, 5.74) is 0.567. The van der Waals surface area contributed by atoms with Gasteiger partial charge in [0.2, 0.25) is 0 Å². The summed E-state index contributed by atoms with van der Waals surface area (Å²) in [7, 11) is 3.00. The lowest BCUT2D eigenvalue weighted by Gasteiger charge is -2.10. The highest BCUT2D eigenvalue weighted by molar-refractivity contribution is 6.00. The molecular weight excluding hydrogens is 262 g/mol. The van der Waals surface area contributed by atoms with Gasteiger partial charge in [-0.3, -0.25) is 4.79 Å². The zero-order valence-corrected chi connectivity index (χ0v) is 11.5. The fourth-order valence-electron chi connectivity index (χ4n) is 2.23. The lowest BCUT2D eigenvalue weighted by atomic mass is 10.2. The Morgan fingerprint density at radius 1 is 1.20 bits per heavy atom. The van der Waals surface area contributed by atoms with E-state index in [0.29, 0.717) is 22.4 Å². The Bertz CT molecular complexity index is 686. The average Bonchev–Trinajstić information content (AvgIpc) is 2.77. The van der Waals surface area contributed by atoms with Crippen LogP contribution in [0.1, 0.15) is 17.4 Å². The Labute approximate surface area is 115 Å². The van der Waals surface area contributed by atoms with Gasteiger partial charge in [0, 0.05) is 5.39 Å². The smallest absolute Gasteiger partial charge is 0.352 e. The average molecular weight is 277 g/mol. The molecule has 0 unspecified atom stereocenters. The summed E-state index contributed by atoms with van der Waals surface area (Å²) in [6, 6.07) is 4.87. The number of benzene rings is 1. The predicted octanol–water partition coefficient (Wildman–Crippen LogP) is 1.95. The number of carboxylic acid groups (broad SMARTS) is 1. The number of Topliss-reactive ketones (excluding diaryl/α,β-unsaturated/α-hetero) is 1. The molecule has 0 fully saturated rings. The fraction of sp³-hybridized carbons (Fsp3) is 0.286. The summed E-state index contributed by atoms with van der Waals surface area (Å²) in [6.07, 6.45) is 0. The van der Waals surface area contributed by atoms with Crippen molar-refractivity contribution in [1.82, 2.24) is 4.57 Å². The molecule has 0 aliphatic rings. The van der Waals surface area contributed by atoms with Crippen molar-refractivity contribution in [2.24, 2.45) is 0 Å². The Balaban J connectivity index is 2.86. The summed E-state index contributed by atoms with van der Waals surface area (Å²) < 4.78 is 11.9. The quantitative estimate of drug-likeness (QED) is 0.903. The molecule has 0 saturated heterocycles. The number of ketones is 1. The van der Waals surface area contributed by atoms with Gasteiger partial charge in [0.15, 0.2) is 0 Å². The van der Waals surface area contributed by atoms with Gasteiger partial charge >= 0.3 is 5.97 Å². The number of carbonyl (C=O) groups is 2. The largest absolute Gasteiger partial charge is 0.496 e. The summed E-state index contributed by atoms with van der Waals surface area (Å²) in [5.74, 6) is -0.221. The number of carbonyl (C=O) groups excluding carboxylic acids is 1. The van der Waals surface area contributed by atoms with E-state index in [0.717, 1.165) is 0 Å². The van der Waals surface area contributed by atoms with Gasteiger partial charge < -0.3 is 19.1 Å². The van der Waals surface area contributed by atoms with Crippen LogP contribution in [0.15, 0.2) is 18.2 Å². The van der Waals surface area contributed by atoms with Crippen LogP contribution in [0.5, 0.6) is 11.5 Å². The van der Waals surface area contributed by atoms with Gasteiger partial charge in [-0.2, -0.15) is 0 Å². The van der Waals surface area contributed by atoms with Crippen molar-refractivity contribution in [3.63, 3.8) is 0 Å². The Morgan fingerprint density at radius 3 is 2.30 bits per heavy atom. The van der Waals surface area contributed by atoms with Crippen LogP contribution >= 0.6 is 0 Å². The van der Waals surface area contributed by atoms with Crippen LogP contribution in [0.4, 0.5) is 0 Å². The molecule has 0 bridgehead atoms. The third kappa shape index (κ3) is 2.20. The maximum atomic E-state index is 11.4. The number of hydrogen-bond acceptors (Lipinski definition) is 4. The van der Waals surface area contributed by atoms with Crippen LogP contribution in [0, 0.1) is 0 Å². The van der Waals surface area contributed by atoms with Gasteiger partial charge in [-0.25, -0.2) is 4.79 Å². The number of nitrogens with zero attached hydrogens (tertiary/aromatic N) is 1. The molecule has 1 aromatic carbocycles. The normalized spacial score (nSPS) is 10.6. The maximum Gasteiger partial charge on any atom is 0.352 e. The number of aromatic carboxylic acids is 1. The van der Waals surface area contributed by atoms with E-state index < -0.39 is 5.97 Å². The lowest BCUT2D eigenvalue weighted by molar-refractivity contribution is -0.117. The first-order valence-electron chi connectivity index (χ1n) is 5.96. The molecule has 2 rings (SSSR count). The van der Waals surface area contributed by atoms with Crippen LogP contribution < -0.4 is 9.47 Å². The molecule has 20 heavy (non-hydrogen) atoms. The van der Waals surface area contributed by atoms with E-state index in [1.807, 2.05) is 0 Å². The van der Waals surface area contributed by atoms with E-state index in [1.165, 1.54) is 31.8 Å². The minimum atomic E-state index is -1.11. The standard InChI is InChI=1S/C14H15NO5/c1-8(16)7-15-10(14(17)18)6-9-11(19-2)4-5-12(20-3)13(9)15/h4-6H,7H2,1-3H3,(H,17,18). The number of fused-ring (bicyclic) bond motifs is 1. The zero-order chi connectivity index (χ0) is 14.9. The molecule has 0 spiro atoms. The number of ether oxygens (including phenoxy) is 2. The third-order valence-electron chi connectivity index (χ3n) is 3.02. The monoisotopic (exact) mass is 277 g/mol. The van der Waals surface area contributed by atoms with Crippen LogP contribution in [-0.2, 0) is 11.3 Å². The molecule has 2 aromatic rings. The third-order valence-corrected chi connectivity index (χ3v) is 3.02. The Hall–Kier alpha value is -2.50. The summed E-state index contributed by atoms with van der Waals surface area (Å²) in [6.45, 7) is 1.37. The molecule has 0 radical (unpaired) electrons. The first kappa shape index (κ1) is 13.9. The molecule has 0 saturated carbocycles. The first-order valence-corrected chi connectivity index (χ1v) is 5.96. The van der Waals surface area contributed by atoms with Crippen molar-refractivity contribution in [3.05, 3.63) is 23.9 Å². The molecule has 0 aliphatic carbocycles. The van der Waals surface area contributed by atoms with Gasteiger partial charge in [0.1, 0.15) is 23.0 Å². The van der Waals surface area contributed by atoms with Crippen molar-refractivity contribution in [1.29, 1.82) is 0 Å². The van der Waals surface area contributed by atoms with E-state index >= 15 is 0 Å². The van der Waals surface area contributed by atoms with Gasteiger partial charge in [-0.15, -0.1) is 0 Å². The second-order valence-electron chi connectivity index (χ2n) is 4.36. The second kappa shape index (κ2) is 5.24. The lowest BCUT2D eigenvalue weighted by Crippen LogP contribution is -2.13. The van der Waals surface area contributed by atoms with Gasteiger partial charge in [0.05, 0.1) is 26.3 Å². The Kier molecular flexibility index (Phi) is 3.65.